The smallest absolute Gasteiger partial charge is 0.105 e. The lowest BCUT2D eigenvalue weighted by atomic mass is 9.98. The van der Waals surface area contributed by atoms with Crippen LogP contribution in [0.2, 0.25) is 0 Å². The Morgan fingerprint density at radius 3 is 2.67 bits per heavy atom. The Balaban J connectivity index is 2.49. The molecule has 3 heteroatoms. The van der Waals surface area contributed by atoms with E-state index >= 15 is 0 Å². The molecule has 1 N–H and O–H groups in total. The molecular weight excluding hydrogens is 222 g/mol. The summed E-state index contributed by atoms with van der Waals surface area (Å²) in [5.41, 5.74) is -0.364. The first-order valence-electron chi connectivity index (χ1n) is 7.48. The third-order valence-electron chi connectivity index (χ3n) is 4.31. The lowest BCUT2D eigenvalue weighted by molar-refractivity contribution is 0.181. The summed E-state index contributed by atoms with van der Waals surface area (Å²) in [6.07, 6.45) is 5.86. The summed E-state index contributed by atoms with van der Waals surface area (Å²) in [5, 5.41) is 12.7. The van der Waals surface area contributed by atoms with E-state index in [1.807, 2.05) is 6.92 Å². The fourth-order valence-corrected chi connectivity index (χ4v) is 2.90. The average molecular weight is 251 g/mol. The molecule has 1 heterocycles. The molecule has 1 rings (SSSR count). The van der Waals surface area contributed by atoms with Gasteiger partial charge in [0.25, 0.3) is 0 Å². The standard InChI is InChI=1S/C15H29N3/c1-5-10-17-15(4,12-16)9-11-18-13(3)7-8-14(18)6-2/h13-14,17H,5-11H2,1-4H3. The Kier molecular flexibility index (Phi) is 6.11. The van der Waals surface area contributed by atoms with Crippen molar-refractivity contribution < 1.29 is 0 Å². The molecule has 0 aromatic rings. The van der Waals surface area contributed by atoms with Crippen LogP contribution in [-0.2, 0) is 0 Å². The van der Waals surface area contributed by atoms with Gasteiger partial charge in [-0.05, 0) is 52.5 Å². The van der Waals surface area contributed by atoms with Crippen molar-refractivity contribution in [2.45, 2.75) is 77.4 Å². The second kappa shape index (κ2) is 7.11. The van der Waals surface area contributed by atoms with E-state index in [1.54, 1.807) is 0 Å². The number of likely N-dealkylation sites (tertiary alicyclic amines) is 1. The van der Waals surface area contributed by atoms with Crippen LogP contribution in [0.25, 0.3) is 0 Å². The summed E-state index contributed by atoms with van der Waals surface area (Å²) in [5.74, 6) is 0. The molecule has 1 saturated heterocycles. The summed E-state index contributed by atoms with van der Waals surface area (Å²) < 4.78 is 0. The molecular formula is C15H29N3. The molecule has 0 aliphatic carbocycles. The molecule has 0 saturated carbocycles. The third kappa shape index (κ3) is 3.96. The molecule has 0 aromatic heterocycles. The van der Waals surface area contributed by atoms with Crippen LogP contribution >= 0.6 is 0 Å². The lowest BCUT2D eigenvalue weighted by Crippen LogP contribution is -2.46. The molecule has 0 spiro atoms. The molecule has 3 atom stereocenters. The number of nitrogens with one attached hydrogen (secondary N) is 1. The molecule has 3 unspecified atom stereocenters. The Morgan fingerprint density at radius 1 is 1.39 bits per heavy atom. The first-order chi connectivity index (χ1) is 8.56. The lowest BCUT2D eigenvalue weighted by Gasteiger charge is -2.31. The van der Waals surface area contributed by atoms with Gasteiger partial charge in [0, 0.05) is 18.6 Å². The fraction of sp³-hybridized carbons (Fsp3) is 0.933. The van der Waals surface area contributed by atoms with E-state index in [-0.39, 0.29) is 5.54 Å². The molecule has 1 aliphatic rings. The number of hydrogen-bond donors (Lipinski definition) is 1. The molecule has 104 valence electrons. The van der Waals surface area contributed by atoms with Crippen LogP contribution in [0.5, 0.6) is 0 Å². The van der Waals surface area contributed by atoms with E-state index in [2.05, 4.69) is 37.1 Å². The second-order valence-corrected chi connectivity index (χ2v) is 5.85. The van der Waals surface area contributed by atoms with Crippen LogP contribution < -0.4 is 5.32 Å². The van der Waals surface area contributed by atoms with Gasteiger partial charge in [-0.15, -0.1) is 0 Å². The molecule has 1 fully saturated rings. The van der Waals surface area contributed by atoms with Gasteiger partial charge < -0.3 is 0 Å². The Labute approximate surface area is 113 Å². The van der Waals surface area contributed by atoms with E-state index in [0.29, 0.717) is 6.04 Å². The summed E-state index contributed by atoms with van der Waals surface area (Å²) in [4.78, 5) is 2.60. The van der Waals surface area contributed by atoms with E-state index in [1.165, 1.54) is 19.3 Å². The average Bonchev–Trinajstić information content (AvgIpc) is 2.74. The molecule has 0 radical (unpaired) electrons. The summed E-state index contributed by atoms with van der Waals surface area (Å²) >= 11 is 0. The van der Waals surface area contributed by atoms with Gasteiger partial charge in [0.2, 0.25) is 0 Å². The first kappa shape index (κ1) is 15.5. The zero-order valence-electron chi connectivity index (χ0n) is 12.5. The second-order valence-electron chi connectivity index (χ2n) is 5.85. The molecule has 0 bridgehead atoms. The molecule has 1 aliphatic heterocycles. The van der Waals surface area contributed by atoms with Crippen LogP contribution in [0, 0.1) is 11.3 Å². The van der Waals surface area contributed by atoms with Crippen molar-refractivity contribution >= 4 is 0 Å². The predicted molar refractivity (Wildman–Crippen MR) is 76.4 cm³/mol. The number of nitriles is 1. The zero-order valence-corrected chi connectivity index (χ0v) is 12.5. The van der Waals surface area contributed by atoms with Gasteiger partial charge in [-0.25, -0.2) is 0 Å². The molecule has 0 amide bonds. The van der Waals surface area contributed by atoms with Gasteiger partial charge in [-0.3, -0.25) is 10.2 Å². The van der Waals surface area contributed by atoms with Crippen LogP contribution in [0.3, 0.4) is 0 Å². The highest BCUT2D eigenvalue weighted by atomic mass is 15.2. The number of hydrogen-bond acceptors (Lipinski definition) is 3. The van der Waals surface area contributed by atoms with E-state index in [9.17, 15) is 5.26 Å². The van der Waals surface area contributed by atoms with Gasteiger partial charge in [0.1, 0.15) is 5.54 Å². The highest BCUT2D eigenvalue weighted by Gasteiger charge is 2.31. The van der Waals surface area contributed by atoms with E-state index in [0.717, 1.165) is 32.0 Å². The van der Waals surface area contributed by atoms with Crippen molar-refractivity contribution in [3.8, 4) is 6.07 Å². The third-order valence-corrected chi connectivity index (χ3v) is 4.31. The molecule has 3 nitrogen and oxygen atoms in total. The maximum Gasteiger partial charge on any atom is 0.105 e. The van der Waals surface area contributed by atoms with Crippen molar-refractivity contribution in [1.82, 2.24) is 10.2 Å². The van der Waals surface area contributed by atoms with Crippen molar-refractivity contribution in [2.24, 2.45) is 0 Å². The Hall–Kier alpha value is -0.590. The van der Waals surface area contributed by atoms with E-state index in [4.69, 9.17) is 0 Å². The minimum Gasteiger partial charge on any atom is -0.300 e. The van der Waals surface area contributed by atoms with Gasteiger partial charge in [0.05, 0.1) is 6.07 Å². The van der Waals surface area contributed by atoms with Crippen LogP contribution in [0.1, 0.15) is 59.8 Å². The summed E-state index contributed by atoms with van der Waals surface area (Å²) in [6.45, 7) is 10.7. The minimum atomic E-state index is -0.364. The highest BCUT2D eigenvalue weighted by Crippen LogP contribution is 2.27. The first-order valence-corrected chi connectivity index (χ1v) is 7.48. The quantitative estimate of drug-likeness (QED) is 0.756. The van der Waals surface area contributed by atoms with Crippen molar-refractivity contribution in [2.75, 3.05) is 13.1 Å². The van der Waals surface area contributed by atoms with Crippen LogP contribution in [0.15, 0.2) is 0 Å². The normalized spacial score (nSPS) is 27.9. The predicted octanol–water partition coefficient (Wildman–Crippen LogP) is 2.92. The SMILES string of the molecule is CCCNC(C)(C#N)CCN1C(C)CCC1CC. The minimum absolute atomic E-state index is 0.364. The van der Waals surface area contributed by atoms with Crippen molar-refractivity contribution in [3.05, 3.63) is 0 Å². The van der Waals surface area contributed by atoms with Gasteiger partial charge in [-0.2, -0.15) is 5.26 Å². The van der Waals surface area contributed by atoms with E-state index < -0.39 is 0 Å². The fourth-order valence-electron chi connectivity index (χ4n) is 2.90. The van der Waals surface area contributed by atoms with Gasteiger partial charge >= 0.3 is 0 Å². The summed E-state index contributed by atoms with van der Waals surface area (Å²) in [6, 6.07) is 3.86. The summed E-state index contributed by atoms with van der Waals surface area (Å²) in [7, 11) is 0. The largest absolute Gasteiger partial charge is 0.300 e. The molecule has 0 aromatic carbocycles. The zero-order chi connectivity index (χ0) is 13.6. The van der Waals surface area contributed by atoms with Gasteiger partial charge in [0.15, 0.2) is 0 Å². The molecule has 18 heavy (non-hydrogen) atoms. The monoisotopic (exact) mass is 251 g/mol. The topological polar surface area (TPSA) is 39.1 Å². The maximum absolute atomic E-state index is 9.34. The Bertz CT molecular complexity index is 284. The number of rotatable bonds is 7. The van der Waals surface area contributed by atoms with Crippen molar-refractivity contribution in [1.29, 1.82) is 5.26 Å². The Morgan fingerprint density at radius 2 is 2.11 bits per heavy atom. The van der Waals surface area contributed by atoms with Crippen molar-refractivity contribution in [3.63, 3.8) is 0 Å². The van der Waals surface area contributed by atoms with Gasteiger partial charge in [-0.1, -0.05) is 13.8 Å². The highest BCUT2D eigenvalue weighted by molar-refractivity contribution is 5.04. The van der Waals surface area contributed by atoms with Crippen LogP contribution in [0.4, 0.5) is 0 Å². The number of nitrogens with zero attached hydrogens (tertiary/aromatic N) is 2. The van der Waals surface area contributed by atoms with Crippen LogP contribution in [-0.4, -0.2) is 35.6 Å². The maximum atomic E-state index is 9.34.